The third-order valence-electron chi connectivity index (χ3n) is 1.78. The van der Waals surface area contributed by atoms with Crippen LogP contribution in [0.3, 0.4) is 0 Å². The topological polar surface area (TPSA) is 20.3 Å². The summed E-state index contributed by atoms with van der Waals surface area (Å²) in [5.41, 5.74) is 0.696. The van der Waals surface area contributed by atoms with Crippen LogP contribution in [0.25, 0.3) is 0 Å². The third-order valence-corrected chi connectivity index (χ3v) is 1.78. The molecule has 63 valence electrons. The minimum absolute atomic E-state index is 0.0503. The van der Waals surface area contributed by atoms with Gasteiger partial charge in [-0.3, -0.25) is 4.79 Å². The summed E-state index contributed by atoms with van der Waals surface area (Å²) in [6, 6.07) is 9.97. The summed E-state index contributed by atoms with van der Waals surface area (Å²) in [5, 5.41) is 0. The summed E-state index contributed by atoms with van der Waals surface area (Å²) in [6.45, 7) is 2.68. The molecule has 0 aliphatic rings. The van der Waals surface area contributed by atoms with Crippen molar-refractivity contribution in [1.29, 1.82) is 0 Å². The fourth-order valence-electron chi connectivity index (χ4n) is 0.890. The molecule has 2 heteroatoms. The van der Waals surface area contributed by atoms with Gasteiger partial charge in [-0.05, 0) is 25.1 Å². The summed E-state index contributed by atoms with van der Waals surface area (Å²) in [4.78, 5) is 13.2. The van der Waals surface area contributed by atoms with Gasteiger partial charge in [0.2, 0.25) is 0 Å². The zero-order chi connectivity index (χ0) is 8.97. The van der Waals surface area contributed by atoms with Crippen LogP contribution in [0.15, 0.2) is 24.3 Å². The molecule has 0 unspecified atom stereocenters. The van der Waals surface area contributed by atoms with Crippen molar-refractivity contribution in [3.63, 3.8) is 0 Å². The van der Waals surface area contributed by atoms with Gasteiger partial charge in [0.1, 0.15) is 0 Å². The lowest BCUT2D eigenvalue weighted by Crippen LogP contribution is -2.25. The average Bonchev–Trinajstić information content (AvgIpc) is 2.17. The van der Waals surface area contributed by atoms with Gasteiger partial charge in [0.15, 0.2) is 0 Å². The molecular weight excluding hydrogens is 150 g/mol. The van der Waals surface area contributed by atoms with Gasteiger partial charge in [0.05, 0.1) is 0 Å². The first-order valence-corrected chi connectivity index (χ1v) is 3.97. The van der Waals surface area contributed by atoms with Crippen LogP contribution in [-0.4, -0.2) is 24.4 Å². The number of carbonyl (C=O) groups excluding carboxylic acids is 1. The molecule has 2 nitrogen and oxygen atoms in total. The van der Waals surface area contributed by atoms with Crippen molar-refractivity contribution in [2.24, 2.45) is 0 Å². The lowest BCUT2D eigenvalue weighted by molar-refractivity contribution is 0.0802. The van der Waals surface area contributed by atoms with E-state index in [4.69, 9.17) is 0 Å². The first-order valence-electron chi connectivity index (χ1n) is 3.97. The maximum atomic E-state index is 11.5. The van der Waals surface area contributed by atoms with Gasteiger partial charge in [-0.15, -0.1) is 0 Å². The van der Waals surface area contributed by atoms with Crippen LogP contribution in [0.4, 0.5) is 0 Å². The van der Waals surface area contributed by atoms with E-state index in [0.29, 0.717) is 5.56 Å². The standard InChI is InChI=1S/C10H12NO/c1-3-11(2)10(12)9-7-5-4-6-8-9/h4-5,7-8H,3H2,1-2H3. The van der Waals surface area contributed by atoms with Gasteiger partial charge in [-0.1, -0.05) is 12.1 Å². The molecule has 12 heavy (non-hydrogen) atoms. The van der Waals surface area contributed by atoms with E-state index in [2.05, 4.69) is 6.07 Å². The number of carbonyl (C=O) groups is 1. The van der Waals surface area contributed by atoms with E-state index in [0.717, 1.165) is 6.54 Å². The molecule has 0 atom stereocenters. The molecule has 1 aromatic rings. The zero-order valence-electron chi connectivity index (χ0n) is 7.37. The molecule has 1 rings (SSSR count). The Morgan fingerprint density at radius 3 is 2.92 bits per heavy atom. The highest BCUT2D eigenvalue weighted by Gasteiger charge is 2.07. The Labute approximate surface area is 72.8 Å². The first kappa shape index (κ1) is 8.78. The van der Waals surface area contributed by atoms with Crippen LogP contribution in [0.2, 0.25) is 0 Å². The second kappa shape index (κ2) is 3.90. The highest BCUT2D eigenvalue weighted by molar-refractivity contribution is 5.93. The van der Waals surface area contributed by atoms with Crippen molar-refractivity contribution < 1.29 is 4.79 Å². The third kappa shape index (κ3) is 1.84. The number of amides is 1. The van der Waals surface area contributed by atoms with E-state index >= 15 is 0 Å². The van der Waals surface area contributed by atoms with Gasteiger partial charge < -0.3 is 4.90 Å². The van der Waals surface area contributed by atoms with E-state index in [-0.39, 0.29) is 5.91 Å². The van der Waals surface area contributed by atoms with Crippen molar-refractivity contribution in [2.75, 3.05) is 13.6 Å². The van der Waals surface area contributed by atoms with Crippen molar-refractivity contribution in [3.05, 3.63) is 35.9 Å². The van der Waals surface area contributed by atoms with Gasteiger partial charge >= 0.3 is 0 Å². The lowest BCUT2D eigenvalue weighted by atomic mass is 10.2. The molecule has 0 N–H and O–H groups in total. The molecule has 1 radical (unpaired) electrons. The Balaban J connectivity index is 2.79. The number of benzene rings is 1. The van der Waals surface area contributed by atoms with E-state index in [1.165, 1.54) is 0 Å². The maximum Gasteiger partial charge on any atom is 0.253 e. The molecule has 1 amide bonds. The summed E-state index contributed by atoms with van der Waals surface area (Å²) in [7, 11) is 1.79. The van der Waals surface area contributed by atoms with E-state index in [9.17, 15) is 4.79 Å². The number of nitrogens with zero attached hydrogens (tertiary/aromatic N) is 1. The van der Waals surface area contributed by atoms with E-state index in [1.54, 1.807) is 30.1 Å². The first-order chi connectivity index (χ1) is 5.75. The molecule has 0 saturated carbocycles. The Kier molecular flexibility index (Phi) is 2.86. The van der Waals surface area contributed by atoms with Crippen molar-refractivity contribution >= 4 is 5.91 Å². The van der Waals surface area contributed by atoms with Crippen molar-refractivity contribution in [3.8, 4) is 0 Å². The molecular formula is C10H12NO. The Bertz CT molecular complexity index is 256. The van der Waals surface area contributed by atoms with Gasteiger partial charge in [-0.25, -0.2) is 0 Å². The van der Waals surface area contributed by atoms with E-state index in [1.807, 2.05) is 13.0 Å². The Morgan fingerprint density at radius 2 is 2.42 bits per heavy atom. The average molecular weight is 162 g/mol. The normalized spacial score (nSPS) is 9.50. The van der Waals surface area contributed by atoms with Crippen LogP contribution >= 0.6 is 0 Å². The lowest BCUT2D eigenvalue weighted by Gasteiger charge is -2.13. The minimum Gasteiger partial charge on any atom is -0.342 e. The number of hydrogen-bond donors (Lipinski definition) is 0. The quantitative estimate of drug-likeness (QED) is 0.646. The van der Waals surface area contributed by atoms with Crippen LogP contribution in [0.1, 0.15) is 17.3 Å². The molecule has 0 aliphatic carbocycles. The Hall–Kier alpha value is -1.31. The minimum atomic E-state index is 0.0503. The second-order valence-electron chi connectivity index (χ2n) is 2.61. The summed E-state index contributed by atoms with van der Waals surface area (Å²) < 4.78 is 0. The zero-order valence-corrected chi connectivity index (χ0v) is 7.37. The maximum absolute atomic E-state index is 11.5. The Morgan fingerprint density at radius 1 is 1.67 bits per heavy atom. The highest BCUT2D eigenvalue weighted by atomic mass is 16.2. The molecule has 0 spiro atoms. The highest BCUT2D eigenvalue weighted by Crippen LogP contribution is 2.01. The van der Waals surface area contributed by atoms with Crippen LogP contribution in [0.5, 0.6) is 0 Å². The predicted octanol–water partition coefficient (Wildman–Crippen LogP) is 1.58. The van der Waals surface area contributed by atoms with Crippen LogP contribution in [0, 0.1) is 6.07 Å². The molecule has 0 aromatic heterocycles. The molecule has 0 saturated heterocycles. The van der Waals surface area contributed by atoms with Crippen LogP contribution < -0.4 is 0 Å². The van der Waals surface area contributed by atoms with Crippen LogP contribution in [-0.2, 0) is 0 Å². The number of rotatable bonds is 2. The van der Waals surface area contributed by atoms with Gasteiger partial charge in [0.25, 0.3) is 5.91 Å². The smallest absolute Gasteiger partial charge is 0.253 e. The summed E-state index contributed by atoms with van der Waals surface area (Å²) in [6.07, 6.45) is 0. The van der Waals surface area contributed by atoms with Gasteiger partial charge in [-0.2, -0.15) is 0 Å². The predicted molar refractivity (Wildman–Crippen MR) is 47.9 cm³/mol. The second-order valence-corrected chi connectivity index (χ2v) is 2.61. The summed E-state index contributed by atoms with van der Waals surface area (Å²) in [5.74, 6) is 0.0503. The van der Waals surface area contributed by atoms with E-state index < -0.39 is 0 Å². The fraction of sp³-hybridized carbons (Fsp3) is 0.300. The largest absolute Gasteiger partial charge is 0.342 e. The van der Waals surface area contributed by atoms with Crippen molar-refractivity contribution in [1.82, 2.24) is 4.90 Å². The van der Waals surface area contributed by atoms with Gasteiger partial charge in [0, 0.05) is 19.2 Å². The fourth-order valence-corrected chi connectivity index (χ4v) is 0.890. The molecule has 0 heterocycles. The monoisotopic (exact) mass is 162 g/mol. The molecule has 1 aromatic carbocycles. The molecule has 0 fully saturated rings. The SMILES string of the molecule is CCN(C)C(=O)c1c[c]ccc1. The van der Waals surface area contributed by atoms with Crippen molar-refractivity contribution in [2.45, 2.75) is 6.92 Å². The number of hydrogen-bond acceptors (Lipinski definition) is 1. The molecule has 0 bridgehead atoms. The summed E-state index contributed by atoms with van der Waals surface area (Å²) >= 11 is 0. The molecule has 0 aliphatic heterocycles.